The molecule has 1 heterocycles. The molecular weight excluding hydrogens is 458 g/mol. The van der Waals surface area contributed by atoms with Crippen LogP contribution in [-0.4, -0.2) is 58.6 Å². The van der Waals surface area contributed by atoms with Crippen LogP contribution in [0.3, 0.4) is 0 Å². The first-order valence-corrected chi connectivity index (χ1v) is 12.4. The standard InChI is InChI=1S/C27H35N5O4/c1-35-24-5-2-4-19(14-24)18-32(12-3-13-33)27(34)31-25-11-6-20(21-16-29-30-17-21)15-26(25)36-23-9-7-22(28)8-10-23/h2,4-6,11,14-17,22-23,33H,3,7-10,12-13,18,28H2,1H3,(H,29,30)(H,31,34). The zero-order valence-corrected chi connectivity index (χ0v) is 20.7. The summed E-state index contributed by atoms with van der Waals surface area (Å²) < 4.78 is 11.7. The van der Waals surface area contributed by atoms with Gasteiger partial charge >= 0.3 is 6.03 Å². The quantitative estimate of drug-likeness (QED) is 0.336. The van der Waals surface area contributed by atoms with Gasteiger partial charge in [0.1, 0.15) is 11.5 Å². The Hall–Kier alpha value is -3.56. The van der Waals surface area contributed by atoms with E-state index in [4.69, 9.17) is 15.2 Å². The number of benzene rings is 2. The second-order valence-electron chi connectivity index (χ2n) is 9.13. The van der Waals surface area contributed by atoms with E-state index in [0.29, 0.717) is 30.9 Å². The van der Waals surface area contributed by atoms with Gasteiger partial charge in [-0.1, -0.05) is 18.2 Å². The zero-order valence-electron chi connectivity index (χ0n) is 20.7. The summed E-state index contributed by atoms with van der Waals surface area (Å²) in [6, 6.07) is 13.3. The number of methoxy groups -OCH3 is 1. The van der Waals surface area contributed by atoms with E-state index in [1.807, 2.05) is 48.7 Å². The van der Waals surface area contributed by atoms with Crippen LogP contribution in [0.2, 0.25) is 0 Å². The van der Waals surface area contributed by atoms with Crippen molar-refractivity contribution in [2.75, 3.05) is 25.6 Å². The van der Waals surface area contributed by atoms with Crippen molar-refractivity contribution in [3.05, 3.63) is 60.4 Å². The van der Waals surface area contributed by atoms with Crippen LogP contribution in [0.5, 0.6) is 11.5 Å². The summed E-state index contributed by atoms with van der Waals surface area (Å²) in [5.74, 6) is 1.35. The zero-order chi connectivity index (χ0) is 25.3. The normalized spacial score (nSPS) is 17.4. The molecule has 1 aliphatic carbocycles. The monoisotopic (exact) mass is 493 g/mol. The fourth-order valence-corrected chi connectivity index (χ4v) is 4.40. The van der Waals surface area contributed by atoms with Crippen molar-refractivity contribution in [2.45, 2.75) is 50.8 Å². The van der Waals surface area contributed by atoms with Gasteiger partial charge in [0.25, 0.3) is 0 Å². The Labute approximate surface area is 211 Å². The van der Waals surface area contributed by atoms with Gasteiger partial charge in [0.2, 0.25) is 0 Å². The third-order valence-electron chi connectivity index (χ3n) is 6.45. The highest BCUT2D eigenvalue weighted by atomic mass is 16.5. The molecule has 1 fully saturated rings. The van der Waals surface area contributed by atoms with Crippen LogP contribution in [0.25, 0.3) is 11.1 Å². The van der Waals surface area contributed by atoms with Crippen LogP contribution in [0.4, 0.5) is 10.5 Å². The second kappa shape index (κ2) is 12.4. The molecule has 0 atom stereocenters. The van der Waals surface area contributed by atoms with Crippen LogP contribution in [0.1, 0.15) is 37.7 Å². The van der Waals surface area contributed by atoms with Crippen molar-refractivity contribution in [1.82, 2.24) is 15.1 Å². The number of carbonyl (C=O) groups excluding carboxylic acids is 1. The molecule has 1 aliphatic rings. The van der Waals surface area contributed by atoms with Gasteiger partial charge in [0.05, 0.1) is 25.1 Å². The lowest BCUT2D eigenvalue weighted by molar-refractivity contribution is 0.148. The van der Waals surface area contributed by atoms with Crippen LogP contribution in [0, 0.1) is 0 Å². The lowest BCUT2D eigenvalue weighted by Crippen LogP contribution is -2.36. The molecule has 1 aromatic heterocycles. The number of amides is 2. The van der Waals surface area contributed by atoms with E-state index in [1.54, 1.807) is 18.2 Å². The Bertz CT molecular complexity index is 1110. The smallest absolute Gasteiger partial charge is 0.322 e. The minimum atomic E-state index is -0.266. The second-order valence-corrected chi connectivity index (χ2v) is 9.13. The number of aliphatic hydroxyl groups is 1. The van der Waals surface area contributed by atoms with Crippen molar-refractivity contribution >= 4 is 11.7 Å². The van der Waals surface area contributed by atoms with E-state index in [1.165, 1.54) is 0 Å². The number of nitrogens with zero attached hydrogens (tertiary/aromatic N) is 2. The number of ether oxygens (including phenoxy) is 2. The number of aromatic nitrogens is 2. The Morgan fingerprint density at radius 3 is 2.75 bits per heavy atom. The van der Waals surface area contributed by atoms with Crippen molar-refractivity contribution in [3.63, 3.8) is 0 Å². The average Bonchev–Trinajstić information content (AvgIpc) is 3.44. The number of nitrogens with one attached hydrogen (secondary N) is 2. The summed E-state index contributed by atoms with van der Waals surface area (Å²) in [6.45, 7) is 0.787. The molecular formula is C27H35N5O4. The van der Waals surface area contributed by atoms with Gasteiger partial charge in [-0.15, -0.1) is 0 Å². The number of rotatable bonds is 10. The lowest BCUT2D eigenvalue weighted by Gasteiger charge is -2.28. The Morgan fingerprint density at radius 1 is 1.19 bits per heavy atom. The van der Waals surface area contributed by atoms with E-state index in [9.17, 15) is 9.90 Å². The highest BCUT2D eigenvalue weighted by Gasteiger charge is 2.23. The van der Waals surface area contributed by atoms with Gasteiger partial charge < -0.3 is 30.5 Å². The number of anilines is 1. The third kappa shape index (κ3) is 6.77. The summed E-state index contributed by atoms with van der Waals surface area (Å²) in [6.07, 6.45) is 7.69. The maximum absolute atomic E-state index is 13.4. The molecule has 2 aromatic carbocycles. The van der Waals surface area contributed by atoms with Gasteiger partial charge in [-0.3, -0.25) is 5.10 Å². The Balaban J connectivity index is 1.55. The number of aromatic amines is 1. The fourth-order valence-electron chi connectivity index (χ4n) is 4.40. The van der Waals surface area contributed by atoms with Gasteiger partial charge in [-0.05, 0) is 67.5 Å². The molecule has 9 nitrogen and oxygen atoms in total. The first kappa shape index (κ1) is 25.5. The molecule has 3 aromatic rings. The molecule has 9 heteroatoms. The summed E-state index contributed by atoms with van der Waals surface area (Å²) in [5.41, 5.74) is 9.49. The Morgan fingerprint density at radius 2 is 2.03 bits per heavy atom. The van der Waals surface area contributed by atoms with Crippen molar-refractivity contribution < 1.29 is 19.4 Å². The van der Waals surface area contributed by atoms with Crippen LogP contribution >= 0.6 is 0 Å². The molecule has 0 aliphatic heterocycles. The molecule has 36 heavy (non-hydrogen) atoms. The topological polar surface area (TPSA) is 126 Å². The molecule has 1 saturated carbocycles. The molecule has 4 rings (SSSR count). The van der Waals surface area contributed by atoms with Crippen molar-refractivity contribution in [3.8, 4) is 22.6 Å². The first-order chi connectivity index (χ1) is 17.6. The summed E-state index contributed by atoms with van der Waals surface area (Å²) in [4.78, 5) is 15.1. The molecule has 2 amide bonds. The minimum Gasteiger partial charge on any atom is -0.497 e. The molecule has 0 saturated heterocycles. The molecule has 0 unspecified atom stereocenters. The van der Waals surface area contributed by atoms with Crippen LogP contribution in [-0.2, 0) is 6.54 Å². The molecule has 5 N–H and O–H groups in total. The van der Waals surface area contributed by atoms with E-state index in [0.717, 1.165) is 48.1 Å². The maximum atomic E-state index is 13.4. The number of aliphatic hydroxyl groups excluding tert-OH is 1. The van der Waals surface area contributed by atoms with Gasteiger partial charge in [0.15, 0.2) is 0 Å². The first-order valence-electron chi connectivity index (χ1n) is 12.4. The SMILES string of the molecule is COc1cccc(CN(CCCO)C(=O)Nc2ccc(-c3cn[nH]c3)cc2OC2CCC(N)CC2)c1. The maximum Gasteiger partial charge on any atom is 0.322 e. The number of nitrogens with two attached hydrogens (primary N) is 1. The highest BCUT2D eigenvalue weighted by molar-refractivity contribution is 5.91. The van der Waals surface area contributed by atoms with Gasteiger partial charge in [-0.2, -0.15) is 5.10 Å². The highest BCUT2D eigenvalue weighted by Crippen LogP contribution is 2.34. The number of carbonyl (C=O) groups is 1. The van der Waals surface area contributed by atoms with Crippen molar-refractivity contribution in [1.29, 1.82) is 0 Å². The molecule has 0 spiro atoms. The van der Waals surface area contributed by atoms with Crippen LogP contribution in [0.15, 0.2) is 54.9 Å². The van der Waals surface area contributed by atoms with Crippen molar-refractivity contribution in [2.24, 2.45) is 5.73 Å². The average molecular weight is 494 g/mol. The lowest BCUT2D eigenvalue weighted by atomic mass is 9.93. The molecule has 0 radical (unpaired) electrons. The summed E-state index contributed by atoms with van der Waals surface area (Å²) in [5, 5.41) is 19.3. The predicted molar refractivity (Wildman–Crippen MR) is 139 cm³/mol. The number of hydrogen-bond acceptors (Lipinski definition) is 6. The van der Waals surface area contributed by atoms with E-state index < -0.39 is 0 Å². The predicted octanol–water partition coefficient (Wildman–Crippen LogP) is 4.15. The number of H-pyrrole nitrogens is 1. The number of urea groups is 1. The fraction of sp³-hybridized carbons (Fsp3) is 0.407. The van der Waals surface area contributed by atoms with E-state index in [2.05, 4.69) is 15.5 Å². The number of hydrogen-bond donors (Lipinski definition) is 4. The molecule has 0 bridgehead atoms. The summed E-state index contributed by atoms with van der Waals surface area (Å²) in [7, 11) is 1.62. The van der Waals surface area contributed by atoms with Crippen LogP contribution < -0.4 is 20.5 Å². The summed E-state index contributed by atoms with van der Waals surface area (Å²) >= 11 is 0. The largest absolute Gasteiger partial charge is 0.497 e. The Kier molecular flexibility index (Phi) is 8.80. The third-order valence-corrected chi connectivity index (χ3v) is 6.45. The van der Waals surface area contributed by atoms with Gasteiger partial charge in [-0.25, -0.2) is 4.79 Å². The molecule has 192 valence electrons. The van der Waals surface area contributed by atoms with E-state index in [-0.39, 0.29) is 24.8 Å². The van der Waals surface area contributed by atoms with Gasteiger partial charge in [0, 0.05) is 37.5 Å². The minimum absolute atomic E-state index is 0.000530. The van der Waals surface area contributed by atoms with E-state index >= 15 is 0 Å².